The number of nitrogens with zero attached hydrogens (tertiary/aromatic N) is 1. The maximum Gasteiger partial charge on any atom is 0.255 e. The number of nitrogens with one attached hydrogen (secondary N) is 1. The highest BCUT2D eigenvalue weighted by Crippen LogP contribution is 2.23. The van der Waals surface area contributed by atoms with E-state index in [1.54, 1.807) is 0 Å². The molecule has 1 saturated heterocycles. The number of piperidine rings is 1. The maximum atomic E-state index is 12.7. The van der Waals surface area contributed by atoms with Crippen LogP contribution in [0.3, 0.4) is 0 Å². The lowest BCUT2D eigenvalue weighted by Gasteiger charge is -2.34. The van der Waals surface area contributed by atoms with Crippen molar-refractivity contribution < 1.29 is 4.79 Å². The third kappa shape index (κ3) is 2.31. The van der Waals surface area contributed by atoms with Gasteiger partial charge in [0.15, 0.2) is 0 Å². The van der Waals surface area contributed by atoms with Crippen molar-refractivity contribution in [1.82, 2.24) is 9.88 Å². The van der Waals surface area contributed by atoms with Crippen LogP contribution in [-0.2, 0) is 0 Å². The minimum Gasteiger partial charge on any atom is -0.361 e. The molecule has 4 heteroatoms. The van der Waals surface area contributed by atoms with Crippen LogP contribution in [0.5, 0.6) is 0 Å². The van der Waals surface area contributed by atoms with Crippen molar-refractivity contribution in [3.05, 3.63) is 36.0 Å². The van der Waals surface area contributed by atoms with Crippen LogP contribution in [-0.4, -0.2) is 34.9 Å². The fraction of sp³-hybridized carbons (Fsp3) is 0.438. The van der Waals surface area contributed by atoms with E-state index in [0.717, 1.165) is 42.4 Å². The Kier molecular flexibility index (Phi) is 3.49. The smallest absolute Gasteiger partial charge is 0.255 e. The SMILES string of the molecule is CC(N)C1CCCN(C(=O)c2cccc3cc[nH]c23)C1. The molecule has 0 saturated carbocycles. The molecule has 2 atom stereocenters. The monoisotopic (exact) mass is 271 g/mol. The Morgan fingerprint density at radius 2 is 2.30 bits per heavy atom. The molecule has 0 radical (unpaired) electrons. The molecule has 0 aliphatic carbocycles. The van der Waals surface area contributed by atoms with Gasteiger partial charge in [-0.25, -0.2) is 0 Å². The molecule has 106 valence electrons. The normalized spacial score (nSPS) is 21.1. The number of carbonyl (C=O) groups excluding carboxylic acids is 1. The summed E-state index contributed by atoms with van der Waals surface area (Å²) in [4.78, 5) is 17.9. The Hall–Kier alpha value is -1.81. The molecule has 2 unspecified atom stereocenters. The first-order chi connectivity index (χ1) is 9.66. The summed E-state index contributed by atoms with van der Waals surface area (Å²) in [6.45, 7) is 3.64. The zero-order valence-electron chi connectivity index (χ0n) is 11.8. The number of amides is 1. The number of carbonyl (C=O) groups is 1. The summed E-state index contributed by atoms with van der Waals surface area (Å²) in [5.74, 6) is 0.527. The third-order valence-electron chi connectivity index (χ3n) is 4.31. The molecule has 2 heterocycles. The predicted octanol–water partition coefficient (Wildman–Crippen LogP) is 2.37. The van der Waals surface area contributed by atoms with Crippen molar-refractivity contribution >= 4 is 16.8 Å². The number of nitrogens with two attached hydrogens (primary N) is 1. The summed E-state index contributed by atoms with van der Waals surface area (Å²) < 4.78 is 0. The van der Waals surface area contributed by atoms with Gasteiger partial charge in [0, 0.05) is 30.7 Å². The van der Waals surface area contributed by atoms with E-state index >= 15 is 0 Å². The Balaban J connectivity index is 1.87. The molecule has 3 N–H and O–H groups in total. The molecule has 1 aromatic carbocycles. The second-order valence-corrected chi connectivity index (χ2v) is 5.76. The molecule has 2 aromatic rings. The quantitative estimate of drug-likeness (QED) is 0.881. The lowest BCUT2D eigenvalue weighted by atomic mass is 9.92. The Morgan fingerprint density at radius 1 is 1.45 bits per heavy atom. The predicted molar refractivity (Wildman–Crippen MR) is 80.6 cm³/mol. The third-order valence-corrected chi connectivity index (χ3v) is 4.31. The van der Waals surface area contributed by atoms with Crippen LogP contribution in [0, 0.1) is 5.92 Å². The summed E-state index contributed by atoms with van der Waals surface area (Å²) in [5, 5.41) is 1.08. The van der Waals surface area contributed by atoms with Crippen LogP contribution < -0.4 is 5.73 Å². The number of aromatic amines is 1. The summed E-state index contributed by atoms with van der Waals surface area (Å²) in [6.07, 6.45) is 4.04. The van der Waals surface area contributed by atoms with E-state index in [1.165, 1.54) is 0 Å². The van der Waals surface area contributed by atoms with Gasteiger partial charge in [-0.2, -0.15) is 0 Å². The number of hydrogen-bond acceptors (Lipinski definition) is 2. The summed E-state index contributed by atoms with van der Waals surface area (Å²) in [7, 11) is 0. The lowest BCUT2D eigenvalue weighted by molar-refractivity contribution is 0.0663. The average Bonchev–Trinajstić information content (AvgIpc) is 2.95. The zero-order chi connectivity index (χ0) is 14.1. The molecule has 4 nitrogen and oxygen atoms in total. The van der Waals surface area contributed by atoms with Crippen molar-refractivity contribution in [2.24, 2.45) is 11.7 Å². The first-order valence-electron chi connectivity index (χ1n) is 7.28. The number of benzene rings is 1. The van der Waals surface area contributed by atoms with E-state index in [2.05, 4.69) is 4.98 Å². The van der Waals surface area contributed by atoms with Crippen LogP contribution in [0.1, 0.15) is 30.1 Å². The molecular weight excluding hydrogens is 250 g/mol. The van der Waals surface area contributed by atoms with Crippen LogP contribution in [0.15, 0.2) is 30.5 Å². The summed E-state index contributed by atoms with van der Waals surface area (Å²) in [5.41, 5.74) is 7.69. The molecule has 1 aliphatic rings. The highest BCUT2D eigenvalue weighted by molar-refractivity contribution is 6.05. The Bertz CT molecular complexity index is 617. The van der Waals surface area contributed by atoms with Gasteiger partial charge in [0.2, 0.25) is 0 Å². The van der Waals surface area contributed by atoms with Gasteiger partial charge in [0.1, 0.15) is 0 Å². The summed E-state index contributed by atoms with van der Waals surface area (Å²) >= 11 is 0. The Labute approximate surface area is 118 Å². The van der Waals surface area contributed by atoms with Crippen molar-refractivity contribution in [2.45, 2.75) is 25.8 Å². The standard InChI is InChI=1S/C16H21N3O/c1-11(17)13-5-3-9-19(10-13)16(20)14-6-2-4-12-7-8-18-15(12)14/h2,4,6-8,11,13,18H,3,5,9-10,17H2,1H3. The number of hydrogen-bond donors (Lipinski definition) is 2. The number of para-hydroxylation sites is 1. The van der Waals surface area contributed by atoms with E-state index < -0.39 is 0 Å². The van der Waals surface area contributed by atoms with Gasteiger partial charge in [-0.15, -0.1) is 0 Å². The van der Waals surface area contributed by atoms with Crippen LogP contribution in [0.2, 0.25) is 0 Å². The van der Waals surface area contributed by atoms with Crippen molar-refractivity contribution in [2.75, 3.05) is 13.1 Å². The molecule has 1 amide bonds. The highest BCUT2D eigenvalue weighted by atomic mass is 16.2. The highest BCUT2D eigenvalue weighted by Gasteiger charge is 2.27. The molecule has 3 rings (SSSR count). The Morgan fingerprint density at radius 3 is 3.10 bits per heavy atom. The maximum absolute atomic E-state index is 12.7. The van der Waals surface area contributed by atoms with Crippen molar-refractivity contribution in [3.63, 3.8) is 0 Å². The number of likely N-dealkylation sites (tertiary alicyclic amines) is 1. The molecule has 20 heavy (non-hydrogen) atoms. The van der Waals surface area contributed by atoms with Gasteiger partial charge in [-0.1, -0.05) is 12.1 Å². The van der Waals surface area contributed by atoms with Gasteiger partial charge in [-0.05, 0) is 37.8 Å². The first-order valence-corrected chi connectivity index (χ1v) is 7.28. The lowest BCUT2D eigenvalue weighted by Crippen LogP contribution is -2.45. The van der Waals surface area contributed by atoms with E-state index in [1.807, 2.05) is 42.3 Å². The fourth-order valence-corrected chi connectivity index (χ4v) is 3.06. The number of H-pyrrole nitrogens is 1. The van der Waals surface area contributed by atoms with Crippen molar-refractivity contribution in [1.29, 1.82) is 0 Å². The minimum absolute atomic E-state index is 0.114. The van der Waals surface area contributed by atoms with Gasteiger partial charge in [0.05, 0.1) is 11.1 Å². The molecular formula is C16H21N3O. The largest absolute Gasteiger partial charge is 0.361 e. The van der Waals surface area contributed by atoms with E-state index in [4.69, 9.17) is 5.73 Å². The van der Waals surface area contributed by atoms with Gasteiger partial charge in [0.25, 0.3) is 5.91 Å². The number of fused-ring (bicyclic) bond motifs is 1. The van der Waals surface area contributed by atoms with Gasteiger partial charge >= 0.3 is 0 Å². The number of rotatable bonds is 2. The fourth-order valence-electron chi connectivity index (χ4n) is 3.06. The van der Waals surface area contributed by atoms with Crippen LogP contribution >= 0.6 is 0 Å². The average molecular weight is 271 g/mol. The zero-order valence-corrected chi connectivity index (χ0v) is 11.8. The van der Waals surface area contributed by atoms with Crippen molar-refractivity contribution in [3.8, 4) is 0 Å². The van der Waals surface area contributed by atoms with E-state index in [0.29, 0.717) is 5.92 Å². The van der Waals surface area contributed by atoms with E-state index in [9.17, 15) is 4.79 Å². The molecule has 0 bridgehead atoms. The topological polar surface area (TPSA) is 62.1 Å². The second kappa shape index (κ2) is 5.29. The van der Waals surface area contributed by atoms with E-state index in [-0.39, 0.29) is 11.9 Å². The van der Waals surface area contributed by atoms with Crippen LogP contribution in [0.25, 0.3) is 10.9 Å². The molecule has 1 aliphatic heterocycles. The second-order valence-electron chi connectivity index (χ2n) is 5.76. The van der Waals surface area contributed by atoms with Gasteiger partial charge in [-0.3, -0.25) is 4.79 Å². The first kappa shape index (κ1) is 13.2. The molecule has 1 aromatic heterocycles. The number of aromatic nitrogens is 1. The molecule has 1 fully saturated rings. The molecule has 0 spiro atoms. The minimum atomic E-state index is 0.114. The van der Waals surface area contributed by atoms with Gasteiger partial charge < -0.3 is 15.6 Å². The summed E-state index contributed by atoms with van der Waals surface area (Å²) in [6, 6.07) is 8.00. The van der Waals surface area contributed by atoms with Crippen LogP contribution in [0.4, 0.5) is 0 Å².